The predicted octanol–water partition coefficient (Wildman–Crippen LogP) is 15.2. The smallest absolute Gasteiger partial charge is 0.0541 e. The fourth-order valence-electron chi connectivity index (χ4n) is 9.10. The highest BCUT2D eigenvalue weighted by atomic mass is 32.1. The summed E-state index contributed by atoms with van der Waals surface area (Å²) in [5.74, 6) is 0. The Morgan fingerprint density at radius 2 is 0.754 bits per heavy atom. The molecule has 57 heavy (non-hydrogen) atoms. The molecule has 266 valence electrons. The van der Waals surface area contributed by atoms with E-state index in [1.165, 1.54) is 97.2 Å². The van der Waals surface area contributed by atoms with Crippen molar-refractivity contribution in [1.82, 2.24) is 9.13 Å². The van der Waals surface area contributed by atoms with Crippen LogP contribution in [0.25, 0.3) is 109 Å². The standard InChI is InChI=1S/C54H34N2S/c1-2-13-35(14-3-1)36-15-10-17-40(31-36)55-49-24-7-4-19-43(49)47-33-37(27-29-51(47)55)38-28-30-52-48(34-38)44-20-5-8-25-50(44)56(52)41-18-11-16-39(32-41)42-22-12-23-46-45-21-6-9-26-53(45)57-54(42)46/h1-34H. The van der Waals surface area contributed by atoms with Gasteiger partial charge in [-0.1, -0.05) is 140 Å². The minimum Gasteiger partial charge on any atom is -0.309 e. The van der Waals surface area contributed by atoms with E-state index in [-0.39, 0.29) is 0 Å². The monoisotopic (exact) mass is 742 g/mol. The fourth-order valence-corrected chi connectivity index (χ4v) is 10.3. The minimum absolute atomic E-state index is 1.16. The SMILES string of the molecule is c1ccc(-c2cccc(-n3c4ccccc4c4cc(-c5ccc6c(c5)c5ccccc5n6-c5cccc(-c6cccc7c6sc6ccccc67)c5)ccc43)c2)cc1. The molecule has 0 atom stereocenters. The largest absolute Gasteiger partial charge is 0.309 e. The van der Waals surface area contributed by atoms with Gasteiger partial charge in [-0.2, -0.15) is 0 Å². The second kappa shape index (κ2) is 12.7. The predicted molar refractivity (Wildman–Crippen MR) is 244 cm³/mol. The molecule has 12 aromatic rings. The first-order valence-corrected chi connectivity index (χ1v) is 20.3. The summed E-state index contributed by atoms with van der Waals surface area (Å²) in [7, 11) is 0. The zero-order chi connectivity index (χ0) is 37.5. The molecule has 0 spiro atoms. The van der Waals surface area contributed by atoms with E-state index in [2.05, 4.69) is 215 Å². The summed E-state index contributed by atoms with van der Waals surface area (Å²) in [5.41, 5.74) is 14.5. The molecule has 0 aliphatic rings. The normalized spacial score (nSPS) is 11.9. The second-order valence-electron chi connectivity index (χ2n) is 14.9. The van der Waals surface area contributed by atoms with Gasteiger partial charge in [-0.3, -0.25) is 0 Å². The molecule has 2 nitrogen and oxygen atoms in total. The van der Waals surface area contributed by atoms with Crippen molar-refractivity contribution in [3.8, 4) is 44.8 Å². The molecule has 0 bridgehead atoms. The molecule has 0 aliphatic heterocycles. The van der Waals surface area contributed by atoms with Gasteiger partial charge < -0.3 is 9.13 Å². The maximum atomic E-state index is 2.43. The topological polar surface area (TPSA) is 9.86 Å². The lowest BCUT2D eigenvalue weighted by molar-refractivity contribution is 1.18. The first kappa shape index (κ1) is 32.1. The van der Waals surface area contributed by atoms with Crippen LogP contribution in [-0.2, 0) is 0 Å². The Kier molecular flexibility index (Phi) is 7.13. The van der Waals surface area contributed by atoms with Gasteiger partial charge in [0.05, 0.1) is 22.1 Å². The average molecular weight is 743 g/mol. The molecule has 3 heteroatoms. The van der Waals surface area contributed by atoms with Gasteiger partial charge in [-0.05, 0) is 100 Å². The molecule has 0 radical (unpaired) electrons. The van der Waals surface area contributed by atoms with E-state index in [0.29, 0.717) is 0 Å². The summed E-state index contributed by atoms with van der Waals surface area (Å²) in [6, 6.07) is 75.6. The van der Waals surface area contributed by atoms with Crippen molar-refractivity contribution in [3.63, 3.8) is 0 Å². The lowest BCUT2D eigenvalue weighted by Crippen LogP contribution is -1.94. The number of hydrogen-bond donors (Lipinski definition) is 0. The van der Waals surface area contributed by atoms with Crippen molar-refractivity contribution in [2.24, 2.45) is 0 Å². The maximum Gasteiger partial charge on any atom is 0.0541 e. The van der Waals surface area contributed by atoms with Gasteiger partial charge in [0, 0.05) is 53.1 Å². The number of benzene rings is 9. The average Bonchev–Trinajstić information content (AvgIpc) is 3.94. The highest BCUT2D eigenvalue weighted by Gasteiger charge is 2.17. The van der Waals surface area contributed by atoms with E-state index < -0.39 is 0 Å². The van der Waals surface area contributed by atoms with E-state index in [1.54, 1.807) is 0 Å². The third-order valence-corrected chi connectivity index (χ3v) is 12.9. The van der Waals surface area contributed by atoms with Crippen LogP contribution in [0.2, 0.25) is 0 Å². The summed E-state index contributed by atoms with van der Waals surface area (Å²) in [6.45, 7) is 0. The van der Waals surface area contributed by atoms with Gasteiger partial charge in [0.2, 0.25) is 0 Å². The fraction of sp³-hybridized carbons (Fsp3) is 0. The van der Waals surface area contributed by atoms with Crippen LogP contribution < -0.4 is 0 Å². The number of fused-ring (bicyclic) bond motifs is 9. The van der Waals surface area contributed by atoms with Crippen LogP contribution in [0.5, 0.6) is 0 Å². The number of aromatic nitrogens is 2. The lowest BCUT2D eigenvalue weighted by atomic mass is 10.0. The van der Waals surface area contributed by atoms with Crippen molar-refractivity contribution in [2.45, 2.75) is 0 Å². The molecule has 0 amide bonds. The number of para-hydroxylation sites is 2. The highest BCUT2D eigenvalue weighted by Crippen LogP contribution is 2.42. The third kappa shape index (κ3) is 5.03. The maximum absolute atomic E-state index is 2.43. The van der Waals surface area contributed by atoms with Crippen molar-refractivity contribution in [1.29, 1.82) is 0 Å². The molecular weight excluding hydrogens is 709 g/mol. The quantitative estimate of drug-likeness (QED) is 0.166. The molecule has 0 saturated heterocycles. The Morgan fingerprint density at radius 3 is 1.42 bits per heavy atom. The molecule has 0 aliphatic carbocycles. The highest BCUT2D eigenvalue weighted by molar-refractivity contribution is 7.26. The molecule has 12 rings (SSSR count). The van der Waals surface area contributed by atoms with Crippen LogP contribution in [-0.4, -0.2) is 9.13 Å². The number of thiophene rings is 1. The summed E-state index contributed by atoms with van der Waals surface area (Å²) in [5, 5.41) is 7.66. The van der Waals surface area contributed by atoms with Crippen molar-refractivity contribution in [2.75, 3.05) is 0 Å². The van der Waals surface area contributed by atoms with Gasteiger partial charge in [0.1, 0.15) is 0 Å². The molecule has 3 heterocycles. The van der Waals surface area contributed by atoms with Gasteiger partial charge in [-0.15, -0.1) is 11.3 Å². The molecule has 0 saturated carbocycles. The lowest BCUT2D eigenvalue weighted by Gasteiger charge is -2.12. The molecule has 0 N–H and O–H groups in total. The zero-order valence-corrected chi connectivity index (χ0v) is 31.7. The van der Waals surface area contributed by atoms with Gasteiger partial charge in [0.15, 0.2) is 0 Å². The van der Waals surface area contributed by atoms with E-state index in [1.807, 2.05) is 11.3 Å². The molecular formula is C54H34N2S. The first-order valence-electron chi connectivity index (χ1n) is 19.5. The van der Waals surface area contributed by atoms with Crippen LogP contribution in [0, 0.1) is 0 Å². The van der Waals surface area contributed by atoms with Gasteiger partial charge in [0.25, 0.3) is 0 Å². The Balaban J connectivity index is 0.989. The molecule has 3 aromatic heterocycles. The third-order valence-electron chi connectivity index (χ3n) is 11.7. The summed E-state index contributed by atoms with van der Waals surface area (Å²) in [4.78, 5) is 0. The Hall–Kier alpha value is -7.20. The van der Waals surface area contributed by atoms with Crippen LogP contribution in [0.3, 0.4) is 0 Å². The number of rotatable bonds is 5. The second-order valence-corrected chi connectivity index (χ2v) is 16.0. The number of hydrogen-bond acceptors (Lipinski definition) is 1. The minimum atomic E-state index is 1.16. The van der Waals surface area contributed by atoms with Crippen molar-refractivity contribution in [3.05, 3.63) is 206 Å². The van der Waals surface area contributed by atoms with E-state index in [0.717, 1.165) is 11.4 Å². The Bertz CT molecular complexity index is 3530. The van der Waals surface area contributed by atoms with E-state index in [9.17, 15) is 0 Å². The van der Waals surface area contributed by atoms with E-state index in [4.69, 9.17) is 0 Å². The Morgan fingerprint density at radius 1 is 0.281 bits per heavy atom. The van der Waals surface area contributed by atoms with Gasteiger partial charge in [-0.25, -0.2) is 0 Å². The Labute approximate surface area is 333 Å². The van der Waals surface area contributed by atoms with E-state index >= 15 is 0 Å². The van der Waals surface area contributed by atoms with Crippen LogP contribution in [0.15, 0.2) is 206 Å². The number of nitrogens with zero attached hydrogens (tertiary/aromatic N) is 2. The zero-order valence-electron chi connectivity index (χ0n) is 30.9. The van der Waals surface area contributed by atoms with Crippen molar-refractivity contribution < 1.29 is 0 Å². The van der Waals surface area contributed by atoms with Crippen LogP contribution >= 0.6 is 11.3 Å². The summed E-state index contributed by atoms with van der Waals surface area (Å²) in [6.07, 6.45) is 0. The van der Waals surface area contributed by atoms with Gasteiger partial charge >= 0.3 is 0 Å². The first-order chi connectivity index (χ1) is 28.3. The molecule has 0 unspecified atom stereocenters. The van der Waals surface area contributed by atoms with Crippen LogP contribution in [0.4, 0.5) is 0 Å². The molecule has 0 fully saturated rings. The summed E-state index contributed by atoms with van der Waals surface area (Å²) >= 11 is 1.88. The molecule has 9 aromatic carbocycles. The van der Waals surface area contributed by atoms with Crippen molar-refractivity contribution >= 4 is 75.1 Å². The summed E-state index contributed by atoms with van der Waals surface area (Å²) < 4.78 is 7.51. The van der Waals surface area contributed by atoms with Crippen LogP contribution in [0.1, 0.15) is 0 Å².